The smallest absolute Gasteiger partial charge is 0.409 e. The summed E-state index contributed by atoms with van der Waals surface area (Å²) in [6.07, 6.45) is 14.7. The molecule has 4 aliphatic rings. The topological polar surface area (TPSA) is 137 Å². The Kier molecular flexibility index (Phi) is 24.6. The number of allylic oxidation sites excluding steroid dienone is 8. The standard InChI is InChI=1S/C68H116N2O10Si2/c1-27-67(21)53(77-67)37-35-49(15)31-29-33-51(17)39-41-65(19)55(57(75-63(73)69(23)24)59(61(65)71)79-81(43(3)4,44(5)6)45(7)8)56-58(76-64(74)70(25)26)60(80-82(46(9)10,47(11)12)48(13)14)62(72)66(56,20)42-40-52(18)34-30-32-50(16)36-38-54-68(22,28-2)78-54/h27-28,31-32,39-40,43-48,53-60H,1-2,29-30,33-38,41-42H2,3-26H3/b49-31+,50-32+,51-39+,52-40+/t53-,54-,55?,56?,57?,58?,59?,60?,65-,66-,67-,68-/m0/s1. The predicted octanol–water partition coefficient (Wildman–Crippen LogP) is 17.0. The lowest BCUT2D eigenvalue weighted by atomic mass is 9.61. The van der Waals surface area contributed by atoms with Crippen LogP contribution in [0.4, 0.5) is 9.59 Å². The molecular weight excluding hydrogens is 1060 g/mol. The molecule has 0 N–H and O–H groups in total. The lowest BCUT2D eigenvalue weighted by Crippen LogP contribution is -2.55. The van der Waals surface area contributed by atoms with Gasteiger partial charge in [-0.1, -0.05) is 156 Å². The normalized spacial score (nSPS) is 31.1. The SMILES string of the molecule is C=C[C@]1(C)O[C@H]1CC/C(C)=C/CC/C(C)=C/C[C@]1(C)C(=O)C(O[Si](C(C)C)(C(C)C)C(C)C)C(OC(=O)N(C)C)C1C1C(OC(=O)N(C)C)C(O[Si](C(C)C)(C(C)C)C(C)C)C(=O)[C@@]1(C)C/C=C(\C)CC/C=C(\C)CC[C@@H]1O[C@@]1(C)C=C. The molecule has 4 fully saturated rings. The van der Waals surface area contributed by atoms with Crippen LogP contribution >= 0.6 is 0 Å². The van der Waals surface area contributed by atoms with Crippen LogP contribution in [0.5, 0.6) is 0 Å². The predicted molar refractivity (Wildman–Crippen MR) is 341 cm³/mol. The monoisotopic (exact) mass is 1180 g/mol. The second kappa shape index (κ2) is 28.4. The molecule has 0 aromatic rings. The Morgan fingerprint density at radius 2 is 0.793 bits per heavy atom. The summed E-state index contributed by atoms with van der Waals surface area (Å²) in [5.41, 5.74) is 2.36. The number of ketones is 2. The van der Waals surface area contributed by atoms with Crippen molar-refractivity contribution in [3.63, 3.8) is 0 Å². The third-order valence-electron chi connectivity index (χ3n) is 20.3. The second-order valence-corrected chi connectivity index (χ2v) is 39.4. The fourth-order valence-electron chi connectivity index (χ4n) is 14.9. The Labute approximate surface area is 501 Å². The molecule has 466 valence electrons. The van der Waals surface area contributed by atoms with Crippen molar-refractivity contribution in [1.82, 2.24) is 9.80 Å². The number of ether oxygens (including phenoxy) is 4. The van der Waals surface area contributed by atoms with Gasteiger partial charge in [0.2, 0.25) is 16.6 Å². The van der Waals surface area contributed by atoms with Gasteiger partial charge in [-0.15, -0.1) is 13.2 Å². The molecule has 0 bridgehead atoms. The molecule has 0 aromatic heterocycles. The van der Waals surface area contributed by atoms with Crippen LogP contribution in [0.3, 0.4) is 0 Å². The van der Waals surface area contributed by atoms with E-state index in [2.05, 4.69) is 162 Å². The van der Waals surface area contributed by atoms with Crippen LogP contribution in [0.1, 0.15) is 203 Å². The lowest BCUT2D eigenvalue weighted by Gasteiger charge is -2.46. The van der Waals surface area contributed by atoms with E-state index in [0.29, 0.717) is 0 Å². The van der Waals surface area contributed by atoms with Crippen LogP contribution in [0.2, 0.25) is 33.2 Å². The molecule has 2 saturated heterocycles. The summed E-state index contributed by atoms with van der Waals surface area (Å²) in [7, 11) is 0.777. The molecule has 82 heavy (non-hydrogen) atoms. The molecule has 14 heteroatoms. The molecule has 2 heterocycles. The maximum Gasteiger partial charge on any atom is 0.409 e. The fourth-order valence-corrected chi connectivity index (χ4v) is 25.8. The van der Waals surface area contributed by atoms with Gasteiger partial charge >= 0.3 is 12.2 Å². The van der Waals surface area contributed by atoms with Gasteiger partial charge in [0, 0.05) is 50.9 Å². The molecule has 2 aliphatic heterocycles. The average molecular weight is 1180 g/mol. The van der Waals surface area contributed by atoms with Crippen LogP contribution in [0.25, 0.3) is 0 Å². The van der Waals surface area contributed by atoms with Gasteiger partial charge in [-0.25, -0.2) is 9.59 Å². The van der Waals surface area contributed by atoms with Gasteiger partial charge in [0.1, 0.15) is 35.6 Å². The van der Waals surface area contributed by atoms with E-state index in [1.54, 1.807) is 28.2 Å². The minimum absolute atomic E-state index is 0.0934. The van der Waals surface area contributed by atoms with Crippen LogP contribution in [0, 0.1) is 22.7 Å². The van der Waals surface area contributed by atoms with E-state index >= 15 is 9.59 Å². The quantitative estimate of drug-likeness (QED) is 0.0375. The molecule has 2 amide bonds. The number of Topliss-reactive ketones (excluding diaryl/α,β-unsaturated/α-hetero) is 2. The van der Waals surface area contributed by atoms with Gasteiger partial charge in [0.15, 0.2) is 11.6 Å². The number of rotatable bonds is 31. The van der Waals surface area contributed by atoms with Crippen molar-refractivity contribution in [2.24, 2.45) is 22.7 Å². The summed E-state index contributed by atoms with van der Waals surface area (Å²) in [5, 5.41) is 0. The van der Waals surface area contributed by atoms with Crippen LogP contribution < -0.4 is 0 Å². The zero-order valence-corrected chi connectivity index (χ0v) is 58.0. The van der Waals surface area contributed by atoms with Crippen molar-refractivity contribution < 1.29 is 47.0 Å². The maximum absolute atomic E-state index is 16.5. The summed E-state index contributed by atoms with van der Waals surface area (Å²) in [6.45, 7) is 50.9. The molecule has 0 aromatic carbocycles. The average Bonchev–Trinajstić information content (AvgIpc) is 4.04. The van der Waals surface area contributed by atoms with E-state index < -0.39 is 75.9 Å². The molecule has 2 saturated carbocycles. The molecule has 0 spiro atoms. The maximum atomic E-state index is 16.5. The van der Waals surface area contributed by atoms with E-state index in [0.717, 1.165) is 62.5 Å². The first-order chi connectivity index (χ1) is 37.9. The number of carbonyl (C=O) groups excluding carboxylic acids is 4. The Balaban J connectivity index is 2.02. The van der Waals surface area contributed by atoms with Gasteiger partial charge in [-0.2, -0.15) is 0 Å². The van der Waals surface area contributed by atoms with Crippen molar-refractivity contribution in [1.29, 1.82) is 0 Å². The minimum Gasteiger partial charge on any atom is -0.443 e. The first-order valence-electron chi connectivity index (χ1n) is 31.4. The Morgan fingerprint density at radius 1 is 0.512 bits per heavy atom. The van der Waals surface area contributed by atoms with E-state index in [4.69, 9.17) is 27.8 Å². The summed E-state index contributed by atoms with van der Waals surface area (Å²) >= 11 is 0. The van der Waals surface area contributed by atoms with Gasteiger partial charge < -0.3 is 37.6 Å². The third-order valence-corrected chi connectivity index (χ3v) is 32.4. The van der Waals surface area contributed by atoms with Crippen molar-refractivity contribution in [3.05, 3.63) is 71.9 Å². The van der Waals surface area contributed by atoms with Gasteiger partial charge in [-0.05, 0) is 139 Å². The summed E-state index contributed by atoms with van der Waals surface area (Å²) in [4.78, 5) is 64.8. The van der Waals surface area contributed by atoms with Gasteiger partial charge in [-0.3, -0.25) is 9.59 Å². The number of amides is 2. The van der Waals surface area contributed by atoms with Crippen molar-refractivity contribution in [2.45, 2.75) is 284 Å². The highest BCUT2D eigenvalue weighted by Gasteiger charge is 2.73. The zero-order valence-electron chi connectivity index (χ0n) is 56.0. The number of carbonyl (C=O) groups is 4. The number of nitrogens with zero attached hydrogens (tertiary/aromatic N) is 2. The van der Waals surface area contributed by atoms with Crippen molar-refractivity contribution in [2.75, 3.05) is 28.2 Å². The lowest BCUT2D eigenvalue weighted by molar-refractivity contribution is -0.135. The number of epoxide rings is 2. The zero-order chi connectivity index (χ0) is 62.4. The molecule has 0 radical (unpaired) electrons. The van der Waals surface area contributed by atoms with E-state index in [9.17, 15) is 9.59 Å². The molecular formula is C68H116N2O10Si2. The Morgan fingerprint density at radius 3 is 1.04 bits per heavy atom. The fraction of sp³-hybridized carbons (Fsp3) is 0.765. The third kappa shape index (κ3) is 15.4. The number of hydrogen-bond donors (Lipinski definition) is 0. The van der Waals surface area contributed by atoms with Crippen molar-refractivity contribution >= 4 is 40.4 Å². The van der Waals surface area contributed by atoms with Gasteiger partial charge in [0.05, 0.1) is 12.2 Å². The number of hydrogen-bond acceptors (Lipinski definition) is 10. The largest absolute Gasteiger partial charge is 0.443 e. The highest BCUT2D eigenvalue weighted by molar-refractivity contribution is 6.78. The van der Waals surface area contributed by atoms with E-state index in [1.807, 2.05) is 26.0 Å². The molecule has 12 nitrogen and oxygen atoms in total. The first-order valence-corrected chi connectivity index (χ1v) is 35.7. The second-order valence-electron chi connectivity index (χ2n) is 28.6. The summed E-state index contributed by atoms with van der Waals surface area (Å²) < 4.78 is 40.9. The Bertz CT molecular complexity index is 2180. The molecule has 4 rings (SSSR count). The summed E-state index contributed by atoms with van der Waals surface area (Å²) in [5.74, 6) is -2.08. The van der Waals surface area contributed by atoms with Crippen molar-refractivity contribution in [3.8, 4) is 0 Å². The molecule has 6 unspecified atom stereocenters. The van der Waals surface area contributed by atoms with E-state index in [-0.39, 0.29) is 81.1 Å². The highest BCUT2D eigenvalue weighted by Crippen LogP contribution is 2.62. The molecule has 2 aliphatic carbocycles. The highest BCUT2D eigenvalue weighted by atomic mass is 28.4. The summed E-state index contributed by atoms with van der Waals surface area (Å²) in [6, 6.07) is 0. The van der Waals surface area contributed by atoms with Crippen LogP contribution in [-0.4, -0.2) is 126 Å². The van der Waals surface area contributed by atoms with E-state index in [1.165, 1.54) is 20.9 Å². The van der Waals surface area contributed by atoms with Crippen LogP contribution in [-0.2, 0) is 37.4 Å². The first kappa shape index (κ1) is 71.1. The van der Waals surface area contributed by atoms with Crippen LogP contribution in [0.15, 0.2) is 71.9 Å². The molecule has 12 atom stereocenters. The Hall–Kier alpha value is -3.41. The van der Waals surface area contributed by atoms with Gasteiger partial charge in [0.25, 0.3) is 0 Å². The minimum atomic E-state index is -2.90.